The molecule has 0 spiro atoms. The lowest BCUT2D eigenvalue weighted by atomic mass is 10.1. The molecule has 32 heavy (non-hydrogen) atoms. The van der Waals surface area contributed by atoms with Gasteiger partial charge in [-0.2, -0.15) is 0 Å². The van der Waals surface area contributed by atoms with Gasteiger partial charge < -0.3 is 18.5 Å². The average molecular weight is 451 g/mol. The van der Waals surface area contributed by atoms with E-state index in [1.807, 2.05) is 55.5 Å². The molecule has 0 fully saturated rings. The summed E-state index contributed by atoms with van der Waals surface area (Å²) in [5.41, 5.74) is 4.75. The van der Waals surface area contributed by atoms with Crippen molar-refractivity contribution in [3.63, 3.8) is 0 Å². The number of hydrogen-bond donors (Lipinski definition) is 0. The summed E-state index contributed by atoms with van der Waals surface area (Å²) >= 11 is 0. The van der Waals surface area contributed by atoms with Crippen LogP contribution in [0.3, 0.4) is 0 Å². The van der Waals surface area contributed by atoms with Crippen molar-refractivity contribution in [2.75, 3.05) is 7.11 Å². The molecule has 164 valence electrons. The van der Waals surface area contributed by atoms with Crippen molar-refractivity contribution in [2.24, 2.45) is 0 Å². The molecule has 0 aliphatic heterocycles. The van der Waals surface area contributed by atoms with Crippen molar-refractivity contribution < 1.29 is 18.7 Å². The minimum absolute atomic E-state index is 0. The predicted octanol–water partition coefficient (Wildman–Crippen LogP) is 6.33. The number of esters is 1. The molecular weight excluding hydrogens is 428 g/mol. The summed E-state index contributed by atoms with van der Waals surface area (Å²) in [6, 6.07) is 15.7. The monoisotopic (exact) mass is 450 g/mol. The molecule has 0 unspecified atom stereocenters. The molecule has 3 aromatic heterocycles. The highest BCUT2D eigenvalue weighted by Gasteiger charge is 2.18. The number of hydrogen-bond acceptors (Lipinski definition) is 5. The van der Waals surface area contributed by atoms with Crippen LogP contribution in [0.5, 0.6) is 11.6 Å². The molecule has 2 aromatic carbocycles. The van der Waals surface area contributed by atoms with Gasteiger partial charge in [-0.15, -0.1) is 12.4 Å². The molecule has 0 N–H and O–H groups in total. The fraction of sp³-hybridized carbons (Fsp3) is 0.200. The number of aromatic nitrogens is 2. The van der Waals surface area contributed by atoms with E-state index < -0.39 is 0 Å². The summed E-state index contributed by atoms with van der Waals surface area (Å²) in [5.74, 6) is 0.934. The first kappa shape index (κ1) is 21.7. The van der Waals surface area contributed by atoms with E-state index in [1.165, 1.54) is 7.11 Å². The Kier molecular flexibility index (Phi) is 5.80. The lowest BCUT2D eigenvalue weighted by Crippen LogP contribution is -2.08. The molecule has 5 rings (SSSR count). The first-order chi connectivity index (χ1) is 15.1. The van der Waals surface area contributed by atoms with Gasteiger partial charge in [-0.3, -0.25) is 4.79 Å². The van der Waals surface area contributed by atoms with Crippen molar-refractivity contribution in [1.29, 1.82) is 0 Å². The zero-order valence-electron chi connectivity index (χ0n) is 18.0. The van der Waals surface area contributed by atoms with Gasteiger partial charge in [-0.1, -0.05) is 18.2 Å². The lowest BCUT2D eigenvalue weighted by molar-refractivity contribution is -0.140. The fourth-order valence-electron chi connectivity index (χ4n) is 4.10. The molecule has 0 amide bonds. The zero-order chi connectivity index (χ0) is 21.5. The second-order valence-corrected chi connectivity index (χ2v) is 7.56. The number of benzene rings is 2. The Hall–Kier alpha value is -3.51. The first-order valence-corrected chi connectivity index (χ1v) is 10.2. The number of aryl methyl sites for hydroxylation is 2. The average Bonchev–Trinajstić information content (AvgIpc) is 3.28. The van der Waals surface area contributed by atoms with Gasteiger partial charge in [0.1, 0.15) is 22.4 Å². The van der Waals surface area contributed by atoms with Crippen LogP contribution in [0.25, 0.3) is 32.8 Å². The van der Waals surface area contributed by atoms with E-state index in [4.69, 9.17) is 13.9 Å². The normalized spacial score (nSPS) is 11.1. The van der Waals surface area contributed by atoms with Gasteiger partial charge in [0.25, 0.3) is 0 Å². The summed E-state index contributed by atoms with van der Waals surface area (Å²) in [5, 5.41) is 3.10. The van der Waals surface area contributed by atoms with Crippen LogP contribution >= 0.6 is 12.4 Å². The molecule has 0 saturated heterocycles. The van der Waals surface area contributed by atoms with Gasteiger partial charge in [0, 0.05) is 34.6 Å². The van der Waals surface area contributed by atoms with Crippen LogP contribution in [0.2, 0.25) is 0 Å². The second kappa shape index (κ2) is 8.55. The van der Waals surface area contributed by atoms with E-state index >= 15 is 0 Å². The first-order valence-electron chi connectivity index (χ1n) is 10.2. The van der Waals surface area contributed by atoms with Crippen LogP contribution in [-0.4, -0.2) is 22.6 Å². The summed E-state index contributed by atoms with van der Waals surface area (Å²) in [6.45, 7) is 4.61. The van der Waals surface area contributed by atoms with Crippen LogP contribution < -0.4 is 4.74 Å². The van der Waals surface area contributed by atoms with Gasteiger partial charge in [-0.05, 0) is 49.7 Å². The van der Waals surface area contributed by atoms with Crippen molar-refractivity contribution in [3.8, 4) is 11.6 Å². The molecular formula is C25H23ClN2O4. The number of ether oxygens (including phenoxy) is 2. The van der Waals surface area contributed by atoms with E-state index in [2.05, 4.69) is 16.5 Å². The minimum atomic E-state index is -0.248. The number of furan rings is 1. The standard InChI is InChI=1S/C25H22N2O4.ClH/c1-15-16(2)27(13-11-23(28)29-3)24-18(15)10-12-26-25(24)30-17-8-9-22-20(14-17)19-6-4-5-7-21(19)31-22;/h4-10,12,14H,11,13H2,1-3H3;1H. The molecule has 0 radical (unpaired) electrons. The Morgan fingerprint density at radius 3 is 2.62 bits per heavy atom. The zero-order valence-corrected chi connectivity index (χ0v) is 18.9. The number of methoxy groups -OCH3 is 1. The van der Waals surface area contributed by atoms with Crippen molar-refractivity contribution >= 4 is 51.2 Å². The predicted molar refractivity (Wildman–Crippen MR) is 127 cm³/mol. The largest absolute Gasteiger partial charge is 0.469 e. The molecule has 6 nitrogen and oxygen atoms in total. The third-order valence-electron chi connectivity index (χ3n) is 5.84. The number of carbonyl (C=O) groups is 1. The number of fused-ring (bicyclic) bond motifs is 4. The van der Waals surface area contributed by atoms with Crippen molar-refractivity contribution in [1.82, 2.24) is 9.55 Å². The Labute approximate surface area is 191 Å². The molecule has 0 aliphatic rings. The van der Waals surface area contributed by atoms with Crippen LogP contribution in [0.15, 0.2) is 59.1 Å². The van der Waals surface area contributed by atoms with Gasteiger partial charge in [0.05, 0.1) is 13.5 Å². The van der Waals surface area contributed by atoms with E-state index in [1.54, 1.807) is 6.20 Å². The van der Waals surface area contributed by atoms with Gasteiger partial charge in [0.15, 0.2) is 0 Å². The number of halogens is 1. The van der Waals surface area contributed by atoms with E-state index in [0.717, 1.165) is 44.1 Å². The van der Waals surface area contributed by atoms with Crippen LogP contribution in [0, 0.1) is 13.8 Å². The van der Waals surface area contributed by atoms with Gasteiger partial charge in [0.2, 0.25) is 5.88 Å². The Morgan fingerprint density at radius 1 is 1.03 bits per heavy atom. The number of carbonyl (C=O) groups excluding carboxylic acids is 1. The summed E-state index contributed by atoms with van der Waals surface area (Å²) < 4.78 is 19.1. The summed E-state index contributed by atoms with van der Waals surface area (Å²) in [6.07, 6.45) is 2.03. The van der Waals surface area contributed by atoms with Gasteiger partial charge >= 0.3 is 5.97 Å². The SMILES string of the molecule is COC(=O)CCn1c(C)c(C)c2ccnc(Oc3ccc4oc5ccccc5c4c3)c21.Cl. The Morgan fingerprint density at radius 2 is 1.81 bits per heavy atom. The maximum Gasteiger partial charge on any atom is 0.307 e. The molecule has 0 bridgehead atoms. The van der Waals surface area contributed by atoms with Gasteiger partial charge in [-0.25, -0.2) is 4.98 Å². The number of para-hydroxylation sites is 1. The highest BCUT2D eigenvalue weighted by Crippen LogP contribution is 2.36. The summed E-state index contributed by atoms with van der Waals surface area (Å²) in [4.78, 5) is 16.2. The van der Waals surface area contributed by atoms with E-state index in [9.17, 15) is 4.79 Å². The topological polar surface area (TPSA) is 66.5 Å². The minimum Gasteiger partial charge on any atom is -0.469 e. The third kappa shape index (κ3) is 3.56. The Balaban J connectivity index is 0.00000245. The van der Waals surface area contributed by atoms with Crippen molar-refractivity contribution in [3.05, 3.63) is 66.0 Å². The fourth-order valence-corrected chi connectivity index (χ4v) is 4.10. The Bertz CT molecular complexity index is 1450. The third-order valence-corrected chi connectivity index (χ3v) is 5.84. The molecule has 0 atom stereocenters. The smallest absolute Gasteiger partial charge is 0.307 e. The van der Waals surface area contributed by atoms with Crippen LogP contribution in [0.4, 0.5) is 0 Å². The number of pyridine rings is 1. The highest BCUT2D eigenvalue weighted by atomic mass is 35.5. The number of rotatable bonds is 5. The molecule has 0 aliphatic carbocycles. The molecule has 7 heteroatoms. The van der Waals surface area contributed by atoms with E-state index in [0.29, 0.717) is 18.2 Å². The lowest BCUT2D eigenvalue weighted by Gasteiger charge is -2.11. The highest BCUT2D eigenvalue weighted by molar-refractivity contribution is 6.05. The van der Waals surface area contributed by atoms with Crippen LogP contribution in [0.1, 0.15) is 17.7 Å². The van der Waals surface area contributed by atoms with Crippen molar-refractivity contribution in [2.45, 2.75) is 26.8 Å². The number of nitrogens with zero attached hydrogens (tertiary/aromatic N) is 2. The second-order valence-electron chi connectivity index (χ2n) is 7.56. The van der Waals surface area contributed by atoms with Crippen LogP contribution in [-0.2, 0) is 16.1 Å². The molecule has 3 heterocycles. The summed E-state index contributed by atoms with van der Waals surface area (Å²) in [7, 11) is 1.40. The maximum atomic E-state index is 11.7. The van der Waals surface area contributed by atoms with E-state index in [-0.39, 0.29) is 24.8 Å². The maximum absolute atomic E-state index is 11.7. The molecule has 0 saturated carbocycles. The molecule has 5 aromatic rings. The quantitative estimate of drug-likeness (QED) is 0.293.